The number of hydrogen-bond acceptors (Lipinski definition) is 2. The summed E-state index contributed by atoms with van der Waals surface area (Å²) in [5.74, 6) is 0. The predicted octanol–water partition coefficient (Wildman–Crippen LogP) is 0.565. The molecule has 0 aliphatic carbocycles. The zero-order valence-electron chi connectivity index (χ0n) is 6.24. The Bertz CT molecular complexity index is 328. The van der Waals surface area contributed by atoms with Gasteiger partial charge in [-0.25, -0.2) is 0 Å². The maximum absolute atomic E-state index is 8.49. The van der Waals surface area contributed by atoms with Crippen molar-refractivity contribution in [3.05, 3.63) is 29.8 Å². The molecule has 0 fully saturated rings. The molecule has 0 amide bonds. The minimum atomic E-state index is 0. The van der Waals surface area contributed by atoms with Crippen molar-refractivity contribution in [3.8, 4) is 6.07 Å². The third-order valence-electron chi connectivity index (χ3n) is 1.28. The molecule has 62 valence electrons. The minimum absolute atomic E-state index is 0. The third kappa shape index (κ3) is 4.25. The topological polar surface area (TPSA) is 61.8 Å². The average Bonchev–Trinajstić information content (AvgIpc) is 2.05. The van der Waals surface area contributed by atoms with Gasteiger partial charge in [-0.3, -0.25) is 0 Å². The molecule has 0 spiro atoms. The van der Waals surface area contributed by atoms with Gasteiger partial charge < -0.3 is 11.1 Å². The van der Waals surface area contributed by atoms with Gasteiger partial charge in [0.05, 0.1) is 11.6 Å². The van der Waals surface area contributed by atoms with Gasteiger partial charge in [-0.05, 0) is 36.5 Å². The fraction of sp³-hybridized carbons (Fsp3) is 0. The number of anilines is 1. The van der Waals surface area contributed by atoms with Gasteiger partial charge in [0.15, 0.2) is 5.11 Å². The van der Waals surface area contributed by atoms with Gasteiger partial charge >= 0.3 is 29.6 Å². The number of rotatable bonds is 1. The Balaban J connectivity index is 0.00000144. The average molecular weight is 201 g/mol. The van der Waals surface area contributed by atoms with Crippen molar-refractivity contribution >= 4 is 52.6 Å². The quantitative estimate of drug-likeness (QED) is 0.515. The van der Waals surface area contributed by atoms with Crippen LogP contribution in [0.1, 0.15) is 5.56 Å². The number of nitrogens with zero attached hydrogens (tertiary/aromatic N) is 1. The molecule has 0 unspecified atom stereocenters. The normalized spacial score (nSPS) is 7.92. The molecule has 3 N–H and O–H groups in total. The van der Waals surface area contributed by atoms with Crippen LogP contribution in [0.15, 0.2) is 24.3 Å². The molecule has 0 saturated heterocycles. The van der Waals surface area contributed by atoms with Crippen LogP contribution in [0.3, 0.4) is 0 Å². The molecule has 13 heavy (non-hydrogen) atoms. The Morgan fingerprint density at radius 1 is 1.38 bits per heavy atom. The first-order valence-electron chi connectivity index (χ1n) is 3.29. The second kappa shape index (κ2) is 5.95. The zero-order chi connectivity index (χ0) is 8.97. The van der Waals surface area contributed by atoms with Gasteiger partial charge in [0.25, 0.3) is 0 Å². The summed E-state index contributed by atoms with van der Waals surface area (Å²) >= 11 is 4.64. The zero-order valence-corrected chi connectivity index (χ0v) is 7.06. The van der Waals surface area contributed by atoms with Crippen molar-refractivity contribution in [2.45, 2.75) is 0 Å². The summed E-state index contributed by atoms with van der Waals surface area (Å²) in [6.07, 6.45) is 0. The molecule has 0 bridgehead atoms. The summed E-state index contributed by atoms with van der Waals surface area (Å²) in [7, 11) is 0. The van der Waals surface area contributed by atoms with Crippen LogP contribution in [0.25, 0.3) is 0 Å². The van der Waals surface area contributed by atoms with E-state index in [0.717, 1.165) is 5.69 Å². The van der Waals surface area contributed by atoms with E-state index < -0.39 is 0 Å². The predicted molar refractivity (Wildman–Crippen MR) is 58.7 cm³/mol. The Morgan fingerprint density at radius 2 is 1.92 bits per heavy atom. The van der Waals surface area contributed by atoms with Crippen LogP contribution in [0.4, 0.5) is 5.69 Å². The molecule has 0 radical (unpaired) electrons. The van der Waals surface area contributed by atoms with E-state index in [2.05, 4.69) is 17.5 Å². The summed E-state index contributed by atoms with van der Waals surface area (Å²) in [6.45, 7) is 0. The number of hydrogen-bond donors (Lipinski definition) is 2. The molecule has 0 aliphatic rings. The second-order valence-corrected chi connectivity index (χ2v) is 2.62. The van der Waals surface area contributed by atoms with Gasteiger partial charge in [-0.1, -0.05) is 0 Å². The first-order valence-corrected chi connectivity index (χ1v) is 3.70. The molecule has 5 heteroatoms. The van der Waals surface area contributed by atoms with Gasteiger partial charge in [0.2, 0.25) is 0 Å². The first kappa shape index (κ1) is 12.4. The van der Waals surface area contributed by atoms with E-state index in [1.807, 2.05) is 6.07 Å². The summed E-state index contributed by atoms with van der Waals surface area (Å²) in [5.41, 5.74) is 6.66. The van der Waals surface area contributed by atoms with Crippen molar-refractivity contribution < 1.29 is 0 Å². The molecule has 0 aliphatic heterocycles. The molecule has 0 heterocycles. The number of nitrogens with one attached hydrogen (secondary N) is 1. The summed E-state index contributed by atoms with van der Waals surface area (Å²) in [6, 6.07) is 8.90. The van der Waals surface area contributed by atoms with Gasteiger partial charge in [-0.15, -0.1) is 0 Å². The standard InChI is InChI=1S/C8H7N3S.Na.H/c9-5-6-1-3-7(4-2-6)11-8(10)12;;/h1-4H,(H3,10,11,12);;. The fourth-order valence-electron chi connectivity index (χ4n) is 0.770. The SMILES string of the molecule is N#Cc1ccc(NC(N)=S)cc1.[NaH]. The van der Waals surface area contributed by atoms with Crippen LogP contribution in [-0.2, 0) is 0 Å². The van der Waals surface area contributed by atoms with Gasteiger partial charge in [0.1, 0.15) is 0 Å². The van der Waals surface area contributed by atoms with Crippen LogP contribution >= 0.6 is 12.2 Å². The van der Waals surface area contributed by atoms with Crippen LogP contribution < -0.4 is 11.1 Å². The summed E-state index contributed by atoms with van der Waals surface area (Å²) in [5, 5.41) is 11.5. The van der Waals surface area contributed by atoms with Crippen LogP contribution in [0.2, 0.25) is 0 Å². The third-order valence-corrected chi connectivity index (χ3v) is 1.38. The molecule has 0 atom stereocenters. The molecule has 1 aromatic carbocycles. The van der Waals surface area contributed by atoms with Crippen molar-refractivity contribution in [1.29, 1.82) is 5.26 Å². The second-order valence-electron chi connectivity index (χ2n) is 2.18. The van der Waals surface area contributed by atoms with Crippen LogP contribution in [0, 0.1) is 11.3 Å². The van der Waals surface area contributed by atoms with Crippen molar-refractivity contribution in [2.75, 3.05) is 5.32 Å². The molecule has 0 saturated carbocycles. The van der Waals surface area contributed by atoms with E-state index in [1.165, 1.54) is 0 Å². The first-order chi connectivity index (χ1) is 5.72. The van der Waals surface area contributed by atoms with E-state index in [0.29, 0.717) is 5.56 Å². The fourth-order valence-corrected chi connectivity index (χ4v) is 0.888. The van der Waals surface area contributed by atoms with E-state index in [4.69, 9.17) is 11.0 Å². The van der Waals surface area contributed by atoms with Crippen molar-refractivity contribution in [3.63, 3.8) is 0 Å². The van der Waals surface area contributed by atoms with E-state index in [-0.39, 0.29) is 34.7 Å². The van der Waals surface area contributed by atoms with E-state index in [1.54, 1.807) is 24.3 Å². The van der Waals surface area contributed by atoms with Gasteiger partial charge in [-0.2, -0.15) is 5.26 Å². The van der Waals surface area contributed by atoms with E-state index >= 15 is 0 Å². The maximum atomic E-state index is 8.49. The molecular formula is C8H8N3NaS. The summed E-state index contributed by atoms with van der Waals surface area (Å²) < 4.78 is 0. The molecule has 0 aromatic heterocycles. The van der Waals surface area contributed by atoms with E-state index in [9.17, 15) is 0 Å². The number of thiocarbonyl (C=S) groups is 1. The summed E-state index contributed by atoms with van der Waals surface area (Å²) in [4.78, 5) is 0. The molecular weight excluding hydrogens is 193 g/mol. The molecule has 1 rings (SSSR count). The monoisotopic (exact) mass is 201 g/mol. The Hall–Kier alpha value is -0.600. The van der Waals surface area contributed by atoms with Crippen LogP contribution in [-0.4, -0.2) is 34.7 Å². The Labute approximate surface area is 104 Å². The van der Waals surface area contributed by atoms with Crippen LogP contribution in [0.5, 0.6) is 0 Å². The van der Waals surface area contributed by atoms with Crippen molar-refractivity contribution in [2.24, 2.45) is 5.73 Å². The van der Waals surface area contributed by atoms with Crippen molar-refractivity contribution in [1.82, 2.24) is 0 Å². The molecule has 3 nitrogen and oxygen atoms in total. The Kier molecular flexibility index (Phi) is 5.67. The molecule has 1 aromatic rings. The Morgan fingerprint density at radius 3 is 2.31 bits per heavy atom. The van der Waals surface area contributed by atoms with Gasteiger partial charge in [0, 0.05) is 5.69 Å². The number of benzene rings is 1. The number of nitrogens with two attached hydrogens (primary N) is 1. The number of nitriles is 1.